The van der Waals surface area contributed by atoms with E-state index in [9.17, 15) is 4.79 Å². The zero-order valence-corrected chi connectivity index (χ0v) is 15.9. The molecule has 4 rings (SSSR count). The summed E-state index contributed by atoms with van der Waals surface area (Å²) in [6.07, 6.45) is 0. The lowest BCUT2D eigenvalue weighted by atomic mass is 10.2. The number of methoxy groups -OCH3 is 1. The van der Waals surface area contributed by atoms with Crippen LogP contribution in [0.3, 0.4) is 0 Å². The van der Waals surface area contributed by atoms with Crippen molar-refractivity contribution in [2.75, 3.05) is 17.7 Å². The Morgan fingerprint density at radius 1 is 0.828 bits per heavy atom. The van der Waals surface area contributed by atoms with E-state index in [-0.39, 0.29) is 5.91 Å². The summed E-state index contributed by atoms with van der Waals surface area (Å²) >= 11 is 0. The number of aromatic nitrogens is 2. The predicted molar refractivity (Wildman–Crippen MR) is 114 cm³/mol. The van der Waals surface area contributed by atoms with Gasteiger partial charge in [-0.1, -0.05) is 36.4 Å². The van der Waals surface area contributed by atoms with Crippen molar-refractivity contribution in [1.29, 1.82) is 0 Å². The highest BCUT2D eigenvalue weighted by atomic mass is 16.5. The fourth-order valence-corrected chi connectivity index (χ4v) is 2.88. The van der Waals surface area contributed by atoms with Gasteiger partial charge in [0.05, 0.1) is 7.11 Å². The second-order valence-electron chi connectivity index (χ2n) is 6.34. The van der Waals surface area contributed by atoms with E-state index in [1.807, 2.05) is 60.7 Å². The fraction of sp³-hybridized carbons (Fsp3) is 0.0435. The van der Waals surface area contributed by atoms with Crippen LogP contribution in [-0.4, -0.2) is 22.8 Å². The van der Waals surface area contributed by atoms with Gasteiger partial charge >= 0.3 is 0 Å². The number of hydrogen-bond acceptors (Lipinski definition) is 5. The highest BCUT2D eigenvalue weighted by molar-refractivity contribution is 5.98. The molecule has 0 aliphatic rings. The van der Waals surface area contributed by atoms with E-state index in [1.165, 1.54) is 4.68 Å². The van der Waals surface area contributed by atoms with E-state index < -0.39 is 0 Å². The topological polar surface area (TPSA) is 68.2 Å². The molecule has 4 aromatic rings. The molecule has 0 radical (unpaired) electrons. The van der Waals surface area contributed by atoms with Gasteiger partial charge in [-0.2, -0.15) is 4.68 Å². The first kappa shape index (κ1) is 18.3. The molecule has 0 aliphatic carbocycles. The first-order chi connectivity index (χ1) is 14.2. The van der Waals surface area contributed by atoms with Crippen molar-refractivity contribution in [3.05, 3.63) is 96.6 Å². The van der Waals surface area contributed by atoms with Gasteiger partial charge in [-0.25, -0.2) is 0 Å². The third kappa shape index (κ3) is 4.27. The Kier molecular flexibility index (Phi) is 5.25. The SMILES string of the molecule is COc1ccc(C(=O)n2nc(Nc3ccccc3)cc2Nc2ccccc2)cc1. The van der Waals surface area contributed by atoms with Gasteiger partial charge in [-0.3, -0.25) is 4.79 Å². The third-order valence-electron chi connectivity index (χ3n) is 4.33. The molecular formula is C23H20N4O2. The molecule has 6 nitrogen and oxygen atoms in total. The van der Waals surface area contributed by atoms with Gasteiger partial charge in [0, 0.05) is 23.0 Å². The summed E-state index contributed by atoms with van der Waals surface area (Å²) in [5.41, 5.74) is 2.26. The molecule has 0 aliphatic heterocycles. The van der Waals surface area contributed by atoms with E-state index in [0.29, 0.717) is 22.9 Å². The largest absolute Gasteiger partial charge is 0.497 e. The van der Waals surface area contributed by atoms with E-state index in [1.54, 1.807) is 37.4 Å². The number of rotatable bonds is 6. The summed E-state index contributed by atoms with van der Waals surface area (Å²) < 4.78 is 6.53. The molecule has 2 N–H and O–H groups in total. The first-order valence-corrected chi connectivity index (χ1v) is 9.16. The van der Waals surface area contributed by atoms with Crippen LogP contribution in [0.5, 0.6) is 5.75 Å². The standard InChI is InChI=1S/C23H20N4O2/c1-29-20-14-12-17(13-15-20)23(28)27-22(25-19-10-6-3-7-11-19)16-21(26-27)24-18-8-4-2-5-9-18/h2-16,25H,1H3,(H,24,26). The Labute approximate surface area is 168 Å². The summed E-state index contributed by atoms with van der Waals surface area (Å²) in [5, 5.41) is 11.0. The number of nitrogens with zero attached hydrogens (tertiary/aromatic N) is 2. The van der Waals surface area contributed by atoms with Crippen LogP contribution >= 0.6 is 0 Å². The smallest absolute Gasteiger partial charge is 0.280 e. The molecule has 0 bridgehead atoms. The van der Waals surface area contributed by atoms with E-state index >= 15 is 0 Å². The highest BCUT2D eigenvalue weighted by Gasteiger charge is 2.17. The lowest BCUT2D eigenvalue weighted by Crippen LogP contribution is -2.16. The van der Waals surface area contributed by atoms with Crippen LogP contribution < -0.4 is 15.4 Å². The monoisotopic (exact) mass is 384 g/mol. The lowest BCUT2D eigenvalue weighted by Gasteiger charge is -2.09. The third-order valence-corrected chi connectivity index (χ3v) is 4.33. The molecule has 0 spiro atoms. The number of anilines is 4. The van der Waals surface area contributed by atoms with Gasteiger partial charge in [0.1, 0.15) is 11.6 Å². The Balaban J connectivity index is 1.68. The quantitative estimate of drug-likeness (QED) is 0.486. The average molecular weight is 384 g/mol. The second-order valence-corrected chi connectivity index (χ2v) is 6.34. The second kappa shape index (κ2) is 8.31. The van der Waals surface area contributed by atoms with Crippen molar-refractivity contribution in [1.82, 2.24) is 9.78 Å². The predicted octanol–water partition coefficient (Wildman–Crippen LogP) is 5.07. The van der Waals surface area contributed by atoms with Crippen LogP contribution in [0.4, 0.5) is 23.0 Å². The van der Waals surface area contributed by atoms with Gasteiger partial charge in [-0.15, -0.1) is 5.10 Å². The van der Waals surface area contributed by atoms with Gasteiger partial charge in [0.25, 0.3) is 5.91 Å². The number of hydrogen-bond donors (Lipinski definition) is 2. The first-order valence-electron chi connectivity index (χ1n) is 9.16. The minimum absolute atomic E-state index is 0.243. The van der Waals surface area contributed by atoms with Crippen LogP contribution in [0.1, 0.15) is 10.4 Å². The molecule has 0 atom stereocenters. The number of nitrogens with one attached hydrogen (secondary N) is 2. The zero-order valence-electron chi connectivity index (χ0n) is 15.9. The van der Waals surface area contributed by atoms with Crippen LogP contribution in [0, 0.1) is 0 Å². The van der Waals surface area contributed by atoms with Crippen molar-refractivity contribution in [2.24, 2.45) is 0 Å². The van der Waals surface area contributed by atoms with Gasteiger partial charge in [0.15, 0.2) is 5.82 Å². The van der Waals surface area contributed by atoms with Crippen LogP contribution in [0.15, 0.2) is 91.0 Å². The van der Waals surface area contributed by atoms with Gasteiger partial charge in [-0.05, 0) is 48.5 Å². The average Bonchev–Trinajstić information content (AvgIpc) is 3.16. The molecule has 0 unspecified atom stereocenters. The zero-order chi connectivity index (χ0) is 20.1. The number of carbonyl (C=O) groups excluding carboxylic acids is 1. The number of benzene rings is 3. The van der Waals surface area contributed by atoms with Crippen molar-refractivity contribution < 1.29 is 9.53 Å². The summed E-state index contributed by atoms with van der Waals surface area (Å²) in [6, 6.07) is 28.1. The summed E-state index contributed by atoms with van der Waals surface area (Å²) in [4.78, 5) is 13.1. The molecular weight excluding hydrogens is 364 g/mol. The summed E-state index contributed by atoms with van der Waals surface area (Å²) in [5.74, 6) is 1.58. The van der Waals surface area contributed by atoms with Crippen molar-refractivity contribution in [3.8, 4) is 5.75 Å². The van der Waals surface area contributed by atoms with Gasteiger partial charge < -0.3 is 15.4 Å². The molecule has 6 heteroatoms. The molecule has 29 heavy (non-hydrogen) atoms. The van der Waals surface area contributed by atoms with Crippen molar-refractivity contribution in [3.63, 3.8) is 0 Å². The maximum absolute atomic E-state index is 13.1. The Morgan fingerprint density at radius 2 is 1.41 bits per heavy atom. The van der Waals surface area contributed by atoms with Crippen LogP contribution in [0.25, 0.3) is 0 Å². The van der Waals surface area contributed by atoms with Crippen LogP contribution in [0.2, 0.25) is 0 Å². The van der Waals surface area contributed by atoms with Gasteiger partial charge in [0.2, 0.25) is 0 Å². The maximum Gasteiger partial charge on any atom is 0.280 e. The Morgan fingerprint density at radius 3 is 2.00 bits per heavy atom. The van der Waals surface area contributed by atoms with Crippen molar-refractivity contribution >= 4 is 28.9 Å². The molecule has 0 fully saturated rings. The van der Waals surface area contributed by atoms with Crippen LogP contribution in [-0.2, 0) is 0 Å². The molecule has 1 aromatic heterocycles. The minimum atomic E-state index is -0.243. The van der Waals surface area contributed by atoms with E-state index in [2.05, 4.69) is 15.7 Å². The lowest BCUT2D eigenvalue weighted by molar-refractivity contribution is 0.0948. The maximum atomic E-state index is 13.1. The Hall–Kier alpha value is -4.06. The summed E-state index contributed by atoms with van der Waals surface area (Å²) in [7, 11) is 1.59. The minimum Gasteiger partial charge on any atom is -0.497 e. The molecule has 0 amide bonds. The van der Waals surface area contributed by atoms with Crippen molar-refractivity contribution in [2.45, 2.75) is 0 Å². The molecule has 144 valence electrons. The molecule has 0 saturated heterocycles. The Bertz CT molecular complexity index is 1090. The molecule has 0 saturated carbocycles. The number of para-hydroxylation sites is 2. The fourth-order valence-electron chi connectivity index (χ4n) is 2.88. The van der Waals surface area contributed by atoms with E-state index in [0.717, 1.165) is 11.4 Å². The molecule has 3 aromatic carbocycles. The van der Waals surface area contributed by atoms with E-state index in [4.69, 9.17) is 4.74 Å². The number of carbonyl (C=O) groups is 1. The number of ether oxygens (including phenoxy) is 1. The highest BCUT2D eigenvalue weighted by Crippen LogP contribution is 2.24. The molecule has 1 heterocycles. The normalized spacial score (nSPS) is 10.4. The summed E-state index contributed by atoms with van der Waals surface area (Å²) in [6.45, 7) is 0.